The Morgan fingerprint density at radius 2 is 2.00 bits per heavy atom. The third kappa shape index (κ3) is 4.40. The van der Waals surface area contributed by atoms with E-state index in [4.69, 9.17) is 5.73 Å². The van der Waals surface area contributed by atoms with E-state index in [1.165, 1.54) is 6.42 Å². The van der Waals surface area contributed by atoms with Crippen molar-refractivity contribution >= 4 is 15.7 Å². The molecule has 2 heterocycles. The van der Waals surface area contributed by atoms with Crippen molar-refractivity contribution in [3.63, 3.8) is 0 Å². The summed E-state index contributed by atoms with van der Waals surface area (Å²) in [5.74, 6) is 0.593. The molecule has 2 rings (SSSR count). The molecule has 0 bridgehead atoms. The fraction of sp³-hybridized carbons (Fsp3) is 0.929. The van der Waals surface area contributed by atoms with Crippen molar-refractivity contribution in [2.45, 2.75) is 44.2 Å². The highest BCUT2D eigenvalue weighted by molar-refractivity contribution is 7.91. The number of amides is 1. The van der Waals surface area contributed by atoms with E-state index in [0.717, 1.165) is 25.9 Å². The molecule has 1 amide bonds. The minimum Gasteiger partial charge on any atom is -0.343 e. The molecular weight excluding hydrogens is 290 g/mol. The van der Waals surface area contributed by atoms with E-state index in [9.17, 15) is 13.2 Å². The van der Waals surface area contributed by atoms with E-state index < -0.39 is 9.84 Å². The molecule has 0 aliphatic carbocycles. The smallest absolute Gasteiger partial charge is 0.224 e. The molecule has 0 aromatic carbocycles. The molecule has 2 N–H and O–H groups in total. The van der Waals surface area contributed by atoms with Crippen LogP contribution in [0, 0.1) is 0 Å². The van der Waals surface area contributed by atoms with Crippen LogP contribution >= 0.6 is 0 Å². The normalized spacial score (nSPS) is 27.0. The van der Waals surface area contributed by atoms with Gasteiger partial charge in [0.2, 0.25) is 5.91 Å². The van der Waals surface area contributed by atoms with Gasteiger partial charge in [0.25, 0.3) is 0 Å². The Balaban J connectivity index is 1.91. The number of hydrogen-bond acceptors (Lipinski definition) is 5. The zero-order valence-corrected chi connectivity index (χ0v) is 13.6. The summed E-state index contributed by atoms with van der Waals surface area (Å²) in [5.41, 5.74) is 5.82. The minimum atomic E-state index is -2.91. The first-order chi connectivity index (χ1) is 9.93. The Morgan fingerprint density at radius 3 is 2.52 bits per heavy atom. The van der Waals surface area contributed by atoms with Gasteiger partial charge in [0.1, 0.15) is 0 Å². The van der Waals surface area contributed by atoms with Crippen LogP contribution in [0.25, 0.3) is 0 Å². The summed E-state index contributed by atoms with van der Waals surface area (Å²) in [4.78, 5) is 16.3. The molecule has 0 radical (unpaired) electrons. The zero-order chi connectivity index (χ0) is 15.5. The molecule has 2 atom stereocenters. The second-order valence-electron chi connectivity index (χ2n) is 6.26. The Hall–Kier alpha value is -0.660. The summed E-state index contributed by atoms with van der Waals surface area (Å²) in [6, 6.07) is -0.0737. The SMILES string of the molecule is CN(C(CN)CC(=O)N1CCCCC1)C1CCS(=O)(=O)C1. The van der Waals surface area contributed by atoms with Crippen LogP contribution in [0.5, 0.6) is 0 Å². The number of likely N-dealkylation sites (tertiary alicyclic amines) is 1. The van der Waals surface area contributed by atoms with Crippen LogP contribution in [0.1, 0.15) is 32.1 Å². The maximum atomic E-state index is 12.3. The maximum absolute atomic E-state index is 12.3. The zero-order valence-electron chi connectivity index (χ0n) is 12.8. The van der Waals surface area contributed by atoms with Crippen molar-refractivity contribution in [2.24, 2.45) is 5.73 Å². The summed E-state index contributed by atoms with van der Waals surface area (Å²) in [5, 5.41) is 0. The Labute approximate surface area is 127 Å². The number of carbonyl (C=O) groups is 1. The Morgan fingerprint density at radius 1 is 1.33 bits per heavy atom. The molecule has 2 unspecified atom stereocenters. The van der Waals surface area contributed by atoms with Gasteiger partial charge in [-0.25, -0.2) is 8.42 Å². The second-order valence-corrected chi connectivity index (χ2v) is 8.49. The van der Waals surface area contributed by atoms with Gasteiger partial charge in [-0.05, 0) is 32.7 Å². The van der Waals surface area contributed by atoms with Gasteiger partial charge in [-0.15, -0.1) is 0 Å². The fourth-order valence-electron chi connectivity index (χ4n) is 3.26. The van der Waals surface area contributed by atoms with Gasteiger partial charge in [-0.2, -0.15) is 0 Å². The first kappa shape index (κ1) is 16.7. The lowest BCUT2D eigenvalue weighted by atomic mass is 10.1. The highest BCUT2D eigenvalue weighted by atomic mass is 32.2. The van der Waals surface area contributed by atoms with E-state index in [1.807, 2.05) is 16.8 Å². The predicted molar refractivity (Wildman–Crippen MR) is 82.7 cm³/mol. The van der Waals surface area contributed by atoms with Crippen molar-refractivity contribution in [3.05, 3.63) is 0 Å². The number of carbonyl (C=O) groups excluding carboxylic acids is 1. The number of nitrogens with zero attached hydrogens (tertiary/aromatic N) is 2. The third-order valence-electron chi connectivity index (χ3n) is 4.75. The van der Waals surface area contributed by atoms with Gasteiger partial charge in [0.15, 0.2) is 9.84 Å². The van der Waals surface area contributed by atoms with Gasteiger partial charge >= 0.3 is 0 Å². The number of rotatable bonds is 5. The van der Waals surface area contributed by atoms with E-state index >= 15 is 0 Å². The Bertz CT molecular complexity index is 460. The topological polar surface area (TPSA) is 83.7 Å². The van der Waals surface area contributed by atoms with Crippen LogP contribution < -0.4 is 5.73 Å². The minimum absolute atomic E-state index is 0.00212. The number of likely N-dealkylation sites (N-methyl/N-ethyl adjacent to an activating group) is 1. The van der Waals surface area contributed by atoms with Crippen molar-refractivity contribution in [3.8, 4) is 0 Å². The van der Waals surface area contributed by atoms with Gasteiger partial charge < -0.3 is 10.6 Å². The van der Waals surface area contributed by atoms with Crippen LogP contribution in [-0.2, 0) is 14.6 Å². The van der Waals surface area contributed by atoms with Crippen LogP contribution in [0.2, 0.25) is 0 Å². The van der Waals surface area contributed by atoms with E-state index in [0.29, 0.717) is 19.4 Å². The summed E-state index contributed by atoms with van der Waals surface area (Å²) in [6.07, 6.45) is 4.40. The third-order valence-corrected chi connectivity index (χ3v) is 6.50. The van der Waals surface area contributed by atoms with Crippen LogP contribution in [0.3, 0.4) is 0 Å². The maximum Gasteiger partial charge on any atom is 0.224 e. The predicted octanol–water partition coefficient (Wildman–Crippen LogP) is -0.165. The van der Waals surface area contributed by atoms with Crippen molar-refractivity contribution in [1.29, 1.82) is 0 Å². The van der Waals surface area contributed by atoms with Crippen LogP contribution in [-0.4, -0.2) is 74.4 Å². The monoisotopic (exact) mass is 317 g/mol. The summed E-state index contributed by atoms with van der Waals surface area (Å²) >= 11 is 0. The average Bonchev–Trinajstić information content (AvgIpc) is 2.85. The molecule has 0 aromatic heterocycles. The van der Waals surface area contributed by atoms with Crippen molar-refractivity contribution in [2.75, 3.05) is 38.2 Å². The molecule has 2 aliphatic heterocycles. The lowest BCUT2D eigenvalue weighted by Gasteiger charge is -2.34. The standard InChI is InChI=1S/C14H27N3O3S/c1-16(12-5-8-21(19,20)11-12)13(10-15)9-14(18)17-6-3-2-4-7-17/h12-13H,2-11,15H2,1H3. The van der Waals surface area contributed by atoms with E-state index in [1.54, 1.807) is 0 Å². The molecule has 2 aliphatic rings. The molecule has 7 heteroatoms. The van der Waals surface area contributed by atoms with Gasteiger partial charge in [-0.3, -0.25) is 9.69 Å². The largest absolute Gasteiger partial charge is 0.343 e. The van der Waals surface area contributed by atoms with Gasteiger partial charge in [0, 0.05) is 38.1 Å². The number of nitrogens with two attached hydrogens (primary N) is 1. The molecule has 0 saturated carbocycles. The van der Waals surface area contributed by atoms with E-state index in [-0.39, 0.29) is 29.5 Å². The highest BCUT2D eigenvalue weighted by Crippen LogP contribution is 2.20. The quantitative estimate of drug-likeness (QED) is 0.761. The molecule has 6 nitrogen and oxygen atoms in total. The van der Waals surface area contributed by atoms with E-state index in [2.05, 4.69) is 0 Å². The van der Waals surface area contributed by atoms with Crippen LogP contribution in [0.4, 0.5) is 0 Å². The fourth-order valence-corrected chi connectivity index (χ4v) is 5.05. The molecule has 2 saturated heterocycles. The summed E-state index contributed by atoms with van der Waals surface area (Å²) in [6.45, 7) is 2.07. The summed E-state index contributed by atoms with van der Waals surface area (Å²) in [7, 11) is -1.01. The summed E-state index contributed by atoms with van der Waals surface area (Å²) < 4.78 is 23.2. The average molecular weight is 317 g/mol. The molecular formula is C14H27N3O3S. The first-order valence-electron chi connectivity index (χ1n) is 7.83. The first-order valence-corrected chi connectivity index (χ1v) is 9.65. The van der Waals surface area contributed by atoms with Crippen molar-refractivity contribution < 1.29 is 13.2 Å². The lowest BCUT2D eigenvalue weighted by molar-refractivity contribution is -0.133. The van der Waals surface area contributed by atoms with Crippen LogP contribution in [0.15, 0.2) is 0 Å². The number of piperidine rings is 1. The Kier molecular flexibility index (Phi) is 5.62. The number of sulfone groups is 1. The molecule has 0 aromatic rings. The molecule has 21 heavy (non-hydrogen) atoms. The lowest BCUT2D eigenvalue weighted by Crippen LogP contribution is -2.48. The molecule has 0 spiro atoms. The van der Waals surface area contributed by atoms with Gasteiger partial charge in [0.05, 0.1) is 11.5 Å². The highest BCUT2D eigenvalue weighted by Gasteiger charge is 2.34. The van der Waals surface area contributed by atoms with Crippen molar-refractivity contribution in [1.82, 2.24) is 9.80 Å². The second kappa shape index (κ2) is 7.07. The molecule has 122 valence electrons. The number of hydrogen-bond donors (Lipinski definition) is 1. The molecule has 2 fully saturated rings. The van der Waals surface area contributed by atoms with Gasteiger partial charge in [-0.1, -0.05) is 0 Å².